The van der Waals surface area contributed by atoms with Gasteiger partial charge in [0, 0.05) is 33.5 Å². The number of urea groups is 1. The van der Waals surface area contributed by atoms with Crippen LogP contribution in [-0.4, -0.2) is 22.5 Å². The van der Waals surface area contributed by atoms with Crippen molar-refractivity contribution in [1.29, 1.82) is 0 Å². The zero-order valence-electron chi connectivity index (χ0n) is 13.3. The van der Waals surface area contributed by atoms with Crippen molar-refractivity contribution >= 4 is 22.0 Å². The second kappa shape index (κ2) is 6.45. The Morgan fingerprint density at radius 3 is 2.20 bits per heavy atom. The molecule has 0 aromatic heterocycles. The summed E-state index contributed by atoms with van der Waals surface area (Å²) in [5.41, 5.74) is -0.661. The lowest BCUT2D eigenvalue weighted by atomic mass is 9.84. The molecule has 3 unspecified atom stereocenters. The van der Waals surface area contributed by atoms with Gasteiger partial charge in [0.15, 0.2) is 0 Å². The van der Waals surface area contributed by atoms with E-state index in [1.807, 2.05) is 0 Å². The summed E-state index contributed by atoms with van der Waals surface area (Å²) in [5, 5.41) is 17.5. The summed E-state index contributed by atoms with van der Waals surface area (Å²) in [4.78, 5) is 24.1. The Kier molecular flexibility index (Phi) is 4.49. The van der Waals surface area contributed by atoms with Crippen molar-refractivity contribution in [3.63, 3.8) is 0 Å². The first-order valence-electron chi connectivity index (χ1n) is 7.53. The van der Waals surface area contributed by atoms with Crippen LogP contribution < -0.4 is 10.6 Å². The van der Waals surface area contributed by atoms with Crippen molar-refractivity contribution in [3.05, 3.63) is 81.9 Å². The van der Waals surface area contributed by atoms with Crippen molar-refractivity contribution in [1.82, 2.24) is 10.6 Å². The van der Waals surface area contributed by atoms with E-state index in [1.165, 1.54) is 7.11 Å². The second-order valence-corrected chi connectivity index (χ2v) is 6.83. The fourth-order valence-corrected chi connectivity index (χ4v) is 4.03. The monoisotopic (exact) mass is 405 g/mol. The molecule has 2 amide bonds. The highest BCUT2D eigenvalue weighted by molar-refractivity contribution is 9.10. The third-order valence-electron chi connectivity index (χ3n) is 4.33. The molecule has 0 spiro atoms. The first-order chi connectivity index (χ1) is 12.0. The Labute approximate surface area is 152 Å². The molecule has 0 aliphatic carbocycles. The van der Waals surface area contributed by atoms with Crippen molar-refractivity contribution in [3.8, 4) is 0 Å². The predicted molar refractivity (Wildman–Crippen MR) is 94.6 cm³/mol. The van der Waals surface area contributed by atoms with E-state index in [4.69, 9.17) is 4.74 Å². The molecule has 1 aliphatic rings. The van der Waals surface area contributed by atoms with Gasteiger partial charge in [0.2, 0.25) is 0 Å². The highest BCUT2D eigenvalue weighted by atomic mass is 79.9. The van der Waals surface area contributed by atoms with E-state index in [-0.39, 0.29) is 0 Å². The molecule has 7 nitrogen and oxygen atoms in total. The maximum Gasteiger partial charge on any atom is 0.349 e. The van der Waals surface area contributed by atoms with Crippen LogP contribution in [0.2, 0.25) is 0 Å². The smallest absolute Gasteiger partial charge is 0.348 e. The number of nitrogens with one attached hydrogen (secondary N) is 2. The van der Waals surface area contributed by atoms with Crippen LogP contribution in [0.5, 0.6) is 0 Å². The molecule has 3 rings (SSSR count). The number of benzene rings is 2. The molecular formula is C17H16BrN3O4. The van der Waals surface area contributed by atoms with Gasteiger partial charge in [-0.05, 0) is 5.56 Å². The molecule has 1 heterocycles. The molecule has 1 aliphatic heterocycles. The molecule has 8 heteroatoms. The Morgan fingerprint density at radius 1 is 1.12 bits per heavy atom. The van der Waals surface area contributed by atoms with E-state index in [0.29, 0.717) is 11.1 Å². The van der Waals surface area contributed by atoms with Crippen LogP contribution in [0.15, 0.2) is 60.7 Å². The molecule has 0 saturated carbocycles. The molecule has 25 heavy (non-hydrogen) atoms. The van der Waals surface area contributed by atoms with E-state index in [0.717, 1.165) is 0 Å². The average molecular weight is 406 g/mol. The van der Waals surface area contributed by atoms with Gasteiger partial charge >= 0.3 is 10.5 Å². The van der Waals surface area contributed by atoms with Crippen LogP contribution in [0.4, 0.5) is 4.79 Å². The minimum absolute atomic E-state index is 0.460. The van der Waals surface area contributed by atoms with E-state index < -0.39 is 27.2 Å². The van der Waals surface area contributed by atoms with Gasteiger partial charge in [-0.3, -0.25) is 15.4 Å². The number of nitro groups is 1. The van der Waals surface area contributed by atoms with Gasteiger partial charge in [-0.15, -0.1) is 0 Å². The summed E-state index contributed by atoms with van der Waals surface area (Å²) in [7, 11) is 1.33. The SMILES string of the molecule is COC1(c2ccccc2)NC(=O)NC(c2ccccc2)C1(Br)[N+](=O)[O-]. The fourth-order valence-electron chi connectivity index (χ4n) is 3.16. The summed E-state index contributed by atoms with van der Waals surface area (Å²) in [6, 6.07) is 15.8. The number of rotatable bonds is 4. The number of amides is 2. The summed E-state index contributed by atoms with van der Waals surface area (Å²) >= 11 is 3.31. The van der Waals surface area contributed by atoms with Gasteiger partial charge in [-0.25, -0.2) is 4.79 Å². The first-order valence-corrected chi connectivity index (χ1v) is 8.32. The number of hydrogen-bond donors (Lipinski definition) is 2. The third kappa shape index (κ3) is 2.58. The van der Waals surface area contributed by atoms with Crippen LogP contribution in [-0.2, 0) is 10.5 Å². The van der Waals surface area contributed by atoms with E-state index in [2.05, 4.69) is 26.6 Å². The third-order valence-corrected chi connectivity index (χ3v) is 5.63. The zero-order chi connectivity index (χ0) is 18.1. The Hall–Kier alpha value is -2.45. The molecule has 2 aromatic rings. The predicted octanol–water partition coefficient (Wildman–Crippen LogP) is 2.91. The summed E-state index contributed by atoms with van der Waals surface area (Å²) in [6.07, 6.45) is 0. The van der Waals surface area contributed by atoms with Crippen LogP contribution in [0, 0.1) is 10.1 Å². The number of carbonyl (C=O) groups excluding carboxylic acids is 1. The quantitative estimate of drug-likeness (QED) is 0.354. The van der Waals surface area contributed by atoms with Gasteiger partial charge in [0.25, 0.3) is 5.72 Å². The molecular weight excluding hydrogens is 390 g/mol. The second-order valence-electron chi connectivity index (χ2n) is 5.62. The summed E-state index contributed by atoms with van der Waals surface area (Å²) in [6.45, 7) is 0. The summed E-state index contributed by atoms with van der Waals surface area (Å²) in [5.74, 6) is 0. The largest absolute Gasteiger partial charge is 0.349 e. The number of ether oxygens (including phenoxy) is 1. The fraction of sp³-hybridized carbons (Fsp3) is 0.235. The molecule has 0 bridgehead atoms. The normalized spacial score (nSPS) is 28.7. The standard InChI is InChI=1S/C17H16BrN3O4/c1-25-17(13-10-6-3-7-11-13)16(18,21(23)24)14(19-15(22)20-17)12-8-4-2-5-9-12/h2-11,14H,1H3,(H2,19,20,22). The number of carbonyl (C=O) groups is 1. The van der Waals surface area contributed by atoms with Crippen LogP contribution in [0.25, 0.3) is 0 Å². The highest BCUT2D eigenvalue weighted by Gasteiger charge is 2.70. The lowest BCUT2D eigenvalue weighted by molar-refractivity contribution is -0.572. The average Bonchev–Trinajstić information content (AvgIpc) is 2.64. The van der Waals surface area contributed by atoms with Crippen LogP contribution in [0.3, 0.4) is 0 Å². The minimum Gasteiger partial charge on any atom is -0.348 e. The first kappa shape index (κ1) is 17.4. The topological polar surface area (TPSA) is 93.5 Å². The highest BCUT2D eigenvalue weighted by Crippen LogP contribution is 2.50. The van der Waals surface area contributed by atoms with Crippen molar-refractivity contribution in [2.45, 2.75) is 16.2 Å². The number of halogens is 1. The Morgan fingerprint density at radius 2 is 1.68 bits per heavy atom. The Balaban J connectivity index is 2.26. The lowest BCUT2D eigenvalue weighted by Crippen LogP contribution is -2.73. The molecule has 0 radical (unpaired) electrons. The molecule has 130 valence electrons. The number of methoxy groups -OCH3 is 1. The number of hydrogen-bond acceptors (Lipinski definition) is 4. The van der Waals surface area contributed by atoms with Crippen LogP contribution >= 0.6 is 15.9 Å². The summed E-state index contributed by atoms with van der Waals surface area (Å²) < 4.78 is 3.72. The van der Waals surface area contributed by atoms with Gasteiger partial charge in [0.1, 0.15) is 6.04 Å². The van der Waals surface area contributed by atoms with Gasteiger partial charge in [-0.1, -0.05) is 60.7 Å². The number of nitrogens with zero attached hydrogens (tertiary/aromatic N) is 1. The van der Waals surface area contributed by atoms with Gasteiger partial charge in [0.05, 0.1) is 0 Å². The number of alkyl halides is 1. The van der Waals surface area contributed by atoms with E-state index in [9.17, 15) is 14.9 Å². The van der Waals surface area contributed by atoms with Gasteiger partial charge in [-0.2, -0.15) is 0 Å². The van der Waals surface area contributed by atoms with Crippen molar-refractivity contribution in [2.24, 2.45) is 0 Å². The van der Waals surface area contributed by atoms with Gasteiger partial charge < -0.3 is 10.1 Å². The molecule has 1 saturated heterocycles. The van der Waals surface area contributed by atoms with Crippen molar-refractivity contribution < 1.29 is 14.5 Å². The zero-order valence-corrected chi connectivity index (χ0v) is 14.9. The lowest BCUT2D eigenvalue weighted by Gasteiger charge is -2.47. The molecule has 2 N–H and O–H groups in total. The molecule has 1 fully saturated rings. The molecule has 2 aromatic carbocycles. The molecule has 3 atom stereocenters. The Bertz CT molecular complexity index is 789. The van der Waals surface area contributed by atoms with Crippen LogP contribution in [0.1, 0.15) is 17.2 Å². The van der Waals surface area contributed by atoms with E-state index in [1.54, 1.807) is 60.7 Å². The van der Waals surface area contributed by atoms with Crippen molar-refractivity contribution in [2.75, 3.05) is 7.11 Å². The minimum atomic E-state index is -1.88. The van der Waals surface area contributed by atoms with E-state index >= 15 is 0 Å². The maximum atomic E-state index is 12.4. The maximum absolute atomic E-state index is 12.4.